The second-order valence-electron chi connectivity index (χ2n) is 3.49. The van der Waals surface area contributed by atoms with Gasteiger partial charge >= 0.3 is 0 Å². The number of ether oxygens (including phenoxy) is 1. The minimum atomic E-state index is -0.181. The van der Waals surface area contributed by atoms with Gasteiger partial charge in [0.15, 0.2) is 5.78 Å². The SMILES string of the molecule is COc1c(Br)ccc(O)c1C(=O)C(C)C. The number of Topliss-reactive ketones (excluding diaryl/α,β-unsaturated/α-hetero) is 1. The Bertz CT molecular complexity index is 386. The fraction of sp³-hybridized carbons (Fsp3) is 0.364. The number of phenols is 1. The maximum absolute atomic E-state index is 11.8. The van der Waals surface area contributed by atoms with Crippen molar-refractivity contribution in [2.75, 3.05) is 7.11 Å². The molecule has 0 amide bonds. The topological polar surface area (TPSA) is 46.5 Å². The third kappa shape index (κ3) is 2.31. The molecule has 0 radical (unpaired) electrons. The Kier molecular flexibility index (Phi) is 3.74. The van der Waals surface area contributed by atoms with Gasteiger partial charge in [-0.1, -0.05) is 13.8 Å². The summed E-state index contributed by atoms with van der Waals surface area (Å²) in [6, 6.07) is 3.12. The molecule has 4 heteroatoms. The Morgan fingerprint density at radius 3 is 2.53 bits per heavy atom. The van der Waals surface area contributed by atoms with Crippen LogP contribution in [0.15, 0.2) is 16.6 Å². The molecule has 1 rings (SSSR count). The number of aromatic hydroxyl groups is 1. The van der Waals surface area contributed by atoms with Crippen LogP contribution in [0.2, 0.25) is 0 Å². The van der Waals surface area contributed by atoms with Gasteiger partial charge in [-0.3, -0.25) is 4.79 Å². The zero-order valence-electron chi connectivity index (χ0n) is 8.87. The largest absolute Gasteiger partial charge is 0.507 e. The molecule has 0 saturated carbocycles. The summed E-state index contributed by atoms with van der Waals surface area (Å²) in [6.45, 7) is 3.56. The summed E-state index contributed by atoms with van der Waals surface area (Å²) in [4.78, 5) is 11.8. The fourth-order valence-electron chi connectivity index (χ4n) is 1.27. The summed E-state index contributed by atoms with van der Waals surface area (Å²) in [5.74, 6) is 0.0206. The standard InChI is InChI=1S/C11H13BrO3/c1-6(2)10(14)9-8(13)5-4-7(12)11(9)15-3/h4-6,13H,1-3H3. The van der Waals surface area contributed by atoms with Crippen molar-refractivity contribution >= 4 is 21.7 Å². The molecule has 0 aromatic heterocycles. The maximum atomic E-state index is 11.8. The lowest BCUT2D eigenvalue weighted by atomic mass is 9.99. The second kappa shape index (κ2) is 4.66. The van der Waals surface area contributed by atoms with Gasteiger partial charge in [0, 0.05) is 5.92 Å². The lowest BCUT2D eigenvalue weighted by Crippen LogP contribution is -2.09. The molecule has 0 fully saturated rings. The van der Waals surface area contributed by atoms with Crippen LogP contribution >= 0.6 is 15.9 Å². The van der Waals surface area contributed by atoms with Gasteiger partial charge < -0.3 is 9.84 Å². The van der Waals surface area contributed by atoms with Crippen molar-refractivity contribution in [3.8, 4) is 11.5 Å². The summed E-state index contributed by atoms with van der Waals surface area (Å²) in [5, 5.41) is 9.64. The van der Waals surface area contributed by atoms with Crippen LogP contribution in [0.1, 0.15) is 24.2 Å². The molecule has 0 saturated heterocycles. The van der Waals surface area contributed by atoms with E-state index < -0.39 is 0 Å². The Balaban J connectivity index is 3.37. The second-order valence-corrected chi connectivity index (χ2v) is 4.35. The molecule has 1 aromatic carbocycles. The molecule has 0 heterocycles. The van der Waals surface area contributed by atoms with Gasteiger partial charge in [0.25, 0.3) is 0 Å². The fourth-order valence-corrected chi connectivity index (χ4v) is 1.77. The summed E-state index contributed by atoms with van der Waals surface area (Å²) < 4.78 is 5.76. The van der Waals surface area contributed by atoms with Crippen molar-refractivity contribution < 1.29 is 14.6 Å². The van der Waals surface area contributed by atoms with Crippen molar-refractivity contribution in [2.24, 2.45) is 5.92 Å². The Morgan fingerprint density at radius 2 is 2.07 bits per heavy atom. The zero-order chi connectivity index (χ0) is 11.6. The van der Waals surface area contributed by atoms with Crippen molar-refractivity contribution in [1.82, 2.24) is 0 Å². The van der Waals surface area contributed by atoms with E-state index in [1.54, 1.807) is 19.9 Å². The average Bonchev–Trinajstić information content (AvgIpc) is 2.19. The average molecular weight is 273 g/mol. The number of phenolic OH excluding ortho intramolecular Hbond substituents is 1. The first-order chi connectivity index (χ1) is 6.99. The maximum Gasteiger partial charge on any atom is 0.172 e. The van der Waals surface area contributed by atoms with E-state index in [2.05, 4.69) is 15.9 Å². The van der Waals surface area contributed by atoms with Gasteiger partial charge in [-0.15, -0.1) is 0 Å². The van der Waals surface area contributed by atoms with Crippen molar-refractivity contribution in [2.45, 2.75) is 13.8 Å². The van der Waals surface area contributed by atoms with Gasteiger partial charge in [-0.05, 0) is 28.1 Å². The van der Waals surface area contributed by atoms with Gasteiger partial charge in [0.05, 0.1) is 11.6 Å². The van der Waals surface area contributed by atoms with E-state index >= 15 is 0 Å². The molecule has 1 aromatic rings. The Labute approximate surface area is 97.2 Å². The number of methoxy groups -OCH3 is 1. The van der Waals surface area contributed by atoms with Gasteiger partial charge in [-0.2, -0.15) is 0 Å². The summed E-state index contributed by atoms with van der Waals surface area (Å²) >= 11 is 3.27. The van der Waals surface area contributed by atoms with Gasteiger partial charge in [0.2, 0.25) is 0 Å². The van der Waals surface area contributed by atoms with Gasteiger partial charge in [-0.25, -0.2) is 0 Å². The normalized spacial score (nSPS) is 10.5. The number of benzene rings is 1. The smallest absolute Gasteiger partial charge is 0.172 e. The lowest BCUT2D eigenvalue weighted by Gasteiger charge is -2.12. The van der Waals surface area contributed by atoms with Crippen LogP contribution in [0.5, 0.6) is 11.5 Å². The number of hydrogen-bond acceptors (Lipinski definition) is 3. The minimum absolute atomic E-state index is 0.0475. The number of carbonyl (C=O) groups is 1. The molecule has 0 bridgehead atoms. The van der Waals surface area contributed by atoms with E-state index in [-0.39, 0.29) is 23.0 Å². The number of ketones is 1. The predicted octanol–water partition coefficient (Wildman–Crippen LogP) is 3.00. The molecule has 0 unspecified atom stereocenters. The first kappa shape index (κ1) is 12.0. The summed E-state index contributed by atoms with van der Waals surface area (Å²) in [5.41, 5.74) is 0.238. The third-order valence-electron chi connectivity index (χ3n) is 2.06. The molecule has 0 aliphatic heterocycles. The number of halogens is 1. The van der Waals surface area contributed by atoms with Crippen LogP contribution in [-0.4, -0.2) is 18.0 Å². The third-order valence-corrected chi connectivity index (χ3v) is 2.69. The van der Waals surface area contributed by atoms with Crippen molar-refractivity contribution in [1.29, 1.82) is 0 Å². The molecule has 15 heavy (non-hydrogen) atoms. The highest BCUT2D eigenvalue weighted by Gasteiger charge is 2.21. The highest BCUT2D eigenvalue weighted by molar-refractivity contribution is 9.10. The van der Waals surface area contributed by atoms with Crippen LogP contribution in [0.25, 0.3) is 0 Å². The minimum Gasteiger partial charge on any atom is -0.507 e. The van der Waals surface area contributed by atoms with Crippen LogP contribution in [0, 0.1) is 5.92 Å². The van der Waals surface area contributed by atoms with Crippen LogP contribution < -0.4 is 4.74 Å². The van der Waals surface area contributed by atoms with Crippen molar-refractivity contribution in [3.05, 3.63) is 22.2 Å². The van der Waals surface area contributed by atoms with Crippen LogP contribution in [0.3, 0.4) is 0 Å². The number of hydrogen-bond donors (Lipinski definition) is 1. The predicted molar refractivity (Wildman–Crippen MR) is 61.5 cm³/mol. The Morgan fingerprint density at radius 1 is 1.47 bits per heavy atom. The number of rotatable bonds is 3. The molecule has 82 valence electrons. The van der Waals surface area contributed by atoms with Crippen LogP contribution in [-0.2, 0) is 0 Å². The van der Waals surface area contributed by atoms with Crippen molar-refractivity contribution in [3.63, 3.8) is 0 Å². The number of carbonyl (C=O) groups excluding carboxylic acids is 1. The highest BCUT2D eigenvalue weighted by Crippen LogP contribution is 2.36. The van der Waals surface area contributed by atoms with E-state index in [1.807, 2.05) is 0 Å². The molecule has 0 aliphatic rings. The van der Waals surface area contributed by atoms with E-state index in [0.29, 0.717) is 10.2 Å². The molecule has 3 nitrogen and oxygen atoms in total. The molecule has 0 aliphatic carbocycles. The van der Waals surface area contributed by atoms with E-state index in [9.17, 15) is 9.90 Å². The summed E-state index contributed by atoms with van der Waals surface area (Å²) in [6.07, 6.45) is 0. The van der Waals surface area contributed by atoms with E-state index in [0.717, 1.165) is 0 Å². The first-order valence-corrected chi connectivity index (χ1v) is 5.38. The van der Waals surface area contributed by atoms with Crippen LogP contribution in [0.4, 0.5) is 0 Å². The van der Waals surface area contributed by atoms with Gasteiger partial charge in [0.1, 0.15) is 17.1 Å². The first-order valence-electron chi connectivity index (χ1n) is 4.58. The van der Waals surface area contributed by atoms with E-state index in [1.165, 1.54) is 13.2 Å². The summed E-state index contributed by atoms with van der Waals surface area (Å²) in [7, 11) is 1.47. The zero-order valence-corrected chi connectivity index (χ0v) is 10.5. The highest BCUT2D eigenvalue weighted by atomic mass is 79.9. The van der Waals surface area contributed by atoms with E-state index in [4.69, 9.17) is 4.74 Å². The molecule has 0 atom stereocenters. The Hall–Kier alpha value is -1.03. The molecular formula is C11H13BrO3. The lowest BCUT2D eigenvalue weighted by molar-refractivity contribution is 0.0933. The molecular weight excluding hydrogens is 260 g/mol. The molecule has 0 spiro atoms. The molecule has 1 N–H and O–H groups in total. The quantitative estimate of drug-likeness (QED) is 0.861. The monoisotopic (exact) mass is 272 g/mol.